The zero-order valence-corrected chi connectivity index (χ0v) is 21.9. The summed E-state index contributed by atoms with van der Waals surface area (Å²) in [5.74, 6) is -3.12. The van der Waals surface area contributed by atoms with E-state index in [4.69, 9.17) is 9.47 Å². The summed E-state index contributed by atoms with van der Waals surface area (Å²) in [7, 11) is 1.30. The van der Waals surface area contributed by atoms with E-state index >= 15 is 0 Å². The first-order valence-electron chi connectivity index (χ1n) is 12.8. The van der Waals surface area contributed by atoms with Gasteiger partial charge in [0.1, 0.15) is 5.92 Å². The fourth-order valence-corrected chi connectivity index (χ4v) is 6.08. The molecule has 0 spiro atoms. The average molecular weight is 501 g/mol. The molecule has 192 valence electrons. The lowest BCUT2D eigenvalue weighted by molar-refractivity contribution is -0.151. The lowest BCUT2D eigenvalue weighted by Gasteiger charge is -2.38. The number of carbonyl (C=O) groups is 3. The lowest BCUT2D eigenvalue weighted by atomic mass is 9.69. The fourth-order valence-electron chi connectivity index (χ4n) is 6.08. The molecule has 5 rings (SSSR count). The number of ketones is 1. The van der Waals surface area contributed by atoms with Gasteiger partial charge in [0.05, 0.1) is 19.3 Å². The third-order valence-corrected chi connectivity index (χ3v) is 7.68. The number of ether oxygens (including phenoxy) is 2. The number of aromatic nitrogens is 1. The van der Waals surface area contributed by atoms with E-state index in [1.165, 1.54) is 7.11 Å². The number of nitrogens with zero attached hydrogens (tertiary/aromatic N) is 1. The molecule has 7 nitrogen and oxygen atoms in total. The van der Waals surface area contributed by atoms with Crippen LogP contribution in [0.2, 0.25) is 0 Å². The van der Waals surface area contributed by atoms with Gasteiger partial charge < -0.3 is 19.4 Å². The molecular formula is C30H32N2O5. The summed E-state index contributed by atoms with van der Waals surface area (Å²) in [6.45, 7) is 8.63. The molecule has 7 heteroatoms. The van der Waals surface area contributed by atoms with Crippen LogP contribution in [0.1, 0.15) is 45.6 Å². The largest absolute Gasteiger partial charge is 0.468 e. The number of dihydropyridines is 1. The molecule has 0 unspecified atom stereocenters. The van der Waals surface area contributed by atoms with E-state index in [1.54, 1.807) is 6.92 Å². The SMILES string of the molecule is CCOC(=O)C1=C(C)NC2=C(C(=O)[C@@H](C(=O)OC)[C@H](C)C2)[C@H]1c1ccc2c(c1)c1ccccc1n2CC. The molecule has 2 aromatic carbocycles. The van der Waals surface area contributed by atoms with Crippen LogP contribution in [0.3, 0.4) is 0 Å². The monoisotopic (exact) mass is 500 g/mol. The van der Waals surface area contributed by atoms with Gasteiger partial charge in [-0.2, -0.15) is 0 Å². The normalized spacial score (nSPS) is 21.8. The van der Waals surface area contributed by atoms with E-state index in [9.17, 15) is 14.4 Å². The molecule has 0 bridgehead atoms. The predicted octanol–water partition coefficient (Wildman–Crippen LogP) is 4.99. The standard InChI is InChI=1S/C30H32N2O5/c1-6-32-22-11-9-8-10-19(22)20-15-18(12-13-23(20)32)26-25(30(35)37-7-2)17(4)31-21-14-16(3)24(29(34)36-5)28(33)27(21)26/h8-13,15-16,24,26,31H,6-7,14H2,1-5H3/t16-,24+,26+/m1/s1. The first-order chi connectivity index (χ1) is 17.8. The van der Waals surface area contributed by atoms with Crippen molar-refractivity contribution < 1.29 is 23.9 Å². The number of rotatable bonds is 5. The Bertz CT molecular complexity index is 1510. The second kappa shape index (κ2) is 9.54. The minimum absolute atomic E-state index is 0.215. The number of nitrogens with one attached hydrogen (secondary N) is 1. The Hall–Kier alpha value is -3.87. The van der Waals surface area contributed by atoms with Gasteiger partial charge in [0.2, 0.25) is 0 Å². The maximum atomic E-state index is 13.9. The Morgan fingerprint density at radius 3 is 2.51 bits per heavy atom. The third kappa shape index (κ3) is 3.84. The summed E-state index contributed by atoms with van der Waals surface area (Å²) < 4.78 is 12.7. The molecule has 1 aliphatic carbocycles. The van der Waals surface area contributed by atoms with Crippen LogP contribution >= 0.6 is 0 Å². The van der Waals surface area contributed by atoms with Crippen molar-refractivity contribution in [3.63, 3.8) is 0 Å². The van der Waals surface area contributed by atoms with E-state index in [2.05, 4.69) is 41.1 Å². The van der Waals surface area contributed by atoms with Gasteiger partial charge in [-0.05, 0) is 56.9 Å². The zero-order valence-electron chi connectivity index (χ0n) is 21.9. The molecule has 2 heterocycles. The highest BCUT2D eigenvalue weighted by Crippen LogP contribution is 2.46. The lowest BCUT2D eigenvalue weighted by Crippen LogP contribution is -2.43. The van der Waals surface area contributed by atoms with Crippen molar-refractivity contribution in [3.05, 3.63) is 70.6 Å². The number of allylic oxidation sites excluding steroid dienone is 3. The molecule has 0 saturated heterocycles. The van der Waals surface area contributed by atoms with E-state index in [-0.39, 0.29) is 18.3 Å². The van der Waals surface area contributed by atoms with Crippen LogP contribution < -0.4 is 5.32 Å². The Morgan fingerprint density at radius 1 is 1.08 bits per heavy atom. The number of Topliss-reactive ketones (excluding diaryl/α,β-unsaturated/α-hetero) is 1. The molecule has 1 N–H and O–H groups in total. The number of hydrogen-bond acceptors (Lipinski definition) is 6. The van der Waals surface area contributed by atoms with Crippen LogP contribution in [0.15, 0.2) is 65.0 Å². The summed E-state index contributed by atoms with van der Waals surface area (Å²) in [5, 5.41) is 5.47. The summed E-state index contributed by atoms with van der Waals surface area (Å²) in [4.78, 5) is 39.9. The number of hydrogen-bond donors (Lipinski definition) is 1. The Balaban J connectivity index is 1.76. The van der Waals surface area contributed by atoms with Crippen molar-refractivity contribution in [3.8, 4) is 0 Å². The van der Waals surface area contributed by atoms with Crippen LogP contribution in [0.5, 0.6) is 0 Å². The van der Waals surface area contributed by atoms with Gasteiger partial charge in [0, 0.05) is 51.2 Å². The van der Waals surface area contributed by atoms with Crippen molar-refractivity contribution in [2.45, 2.75) is 46.6 Å². The van der Waals surface area contributed by atoms with E-state index in [0.29, 0.717) is 23.3 Å². The smallest absolute Gasteiger partial charge is 0.336 e. The molecular weight excluding hydrogens is 468 g/mol. The van der Waals surface area contributed by atoms with Crippen LogP contribution in [-0.2, 0) is 30.4 Å². The number of fused-ring (bicyclic) bond motifs is 3. The Labute approximate surface area is 216 Å². The number of carbonyl (C=O) groups excluding carboxylic acids is 3. The number of aryl methyl sites for hydroxylation is 1. The van der Waals surface area contributed by atoms with Gasteiger partial charge in [-0.1, -0.05) is 31.2 Å². The molecule has 1 aliphatic heterocycles. The van der Waals surface area contributed by atoms with Gasteiger partial charge in [0.25, 0.3) is 0 Å². The third-order valence-electron chi connectivity index (χ3n) is 7.68. The first-order valence-corrected chi connectivity index (χ1v) is 12.8. The molecule has 2 aliphatic rings. The molecule has 37 heavy (non-hydrogen) atoms. The number of esters is 2. The quantitative estimate of drug-likeness (QED) is 0.392. The van der Waals surface area contributed by atoms with Gasteiger partial charge in [0.15, 0.2) is 5.78 Å². The van der Waals surface area contributed by atoms with Crippen molar-refractivity contribution in [2.75, 3.05) is 13.7 Å². The highest BCUT2D eigenvalue weighted by Gasteiger charge is 2.47. The van der Waals surface area contributed by atoms with E-state index in [0.717, 1.165) is 39.6 Å². The van der Waals surface area contributed by atoms with Crippen LogP contribution in [0.4, 0.5) is 0 Å². The molecule has 0 saturated carbocycles. The van der Waals surface area contributed by atoms with Crippen molar-refractivity contribution in [1.82, 2.24) is 9.88 Å². The summed E-state index contributed by atoms with van der Waals surface area (Å²) in [6.07, 6.45) is 0.502. The maximum absolute atomic E-state index is 13.9. The van der Waals surface area contributed by atoms with Crippen LogP contribution in [-0.4, -0.2) is 36.0 Å². The Morgan fingerprint density at radius 2 is 1.81 bits per heavy atom. The average Bonchev–Trinajstić information content (AvgIpc) is 3.20. The van der Waals surface area contributed by atoms with Gasteiger partial charge in [-0.15, -0.1) is 0 Å². The molecule has 1 aromatic heterocycles. The fraction of sp³-hybridized carbons (Fsp3) is 0.367. The minimum atomic E-state index is -0.916. The van der Waals surface area contributed by atoms with Gasteiger partial charge in [-0.3, -0.25) is 9.59 Å². The summed E-state index contributed by atoms with van der Waals surface area (Å²) >= 11 is 0. The number of para-hydroxylation sites is 1. The zero-order chi connectivity index (χ0) is 26.4. The van der Waals surface area contributed by atoms with Gasteiger partial charge >= 0.3 is 11.9 Å². The second-order valence-corrected chi connectivity index (χ2v) is 9.79. The molecule has 3 atom stereocenters. The molecule has 0 radical (unpaired) electrons. The van der Waals surface area contributed by atoms with Crippen LogP contribution in [0.25, 0.3) is 21.8 Å². The summed E-state index contributed by atoms with van der Waals surface area (Å²) in [5.41, 5.74) is 5.29. The molecule has 0 fully saturated rings. The maximum Gasteiger partial charge on any atom is 0.336 e. The highest BCUT2D eigenvalue weighted by molar-refractivity contribution is 6.13. The van der Waals surface area contributed by atoms with Crippen molar-refractivity contribution in [1.29, 1.82) is 0 Å². The van der Waals surface area contributed by atoms with E-state index in [1.807, 2.05) is 32.0 Å². The predicted molar refractivity (Wildman–Crippen MR) is 142 cm³/mol. The highest BCUT2D eigenvalue weighted by atomic mass is 16.5. The summed E-state index contributed by atoms with van der Waals surface area (Å²) in [6, 6.07) is 14.4. The first kappa shape index (κ1) is 24.8. The van der Waals surface area contributed by atoms with E-state index < -0.39 is 23.8 Å². The molecule has 3 aromatic rings. The van der Waals surface area contributed by atoms with Gasteiger partial charge in [-0.25, -0.2) is 4.79 Å². The van der Waals surface area contributed by atoms with Crippen molar-refractivity contribution >= 4 is 39.5 Å². The number of methoxy groups -OCH3 is 1. The Kier molecular flexibility index (Phi) is 6.40. The van der Waals surface area contributed by atoms with Crippen molar-refractivity contribution in [2.24, 2.45) is 11.8 Å². The molecule has 0 amide bonds. The topological polar surface area (TPSA) is 86.6 Å². The minimum Gasteiger partial charge on any atom is -0.468 e. The van der Waals surface area contributed by atoms with Crippen LogP contribution in [0, 0.1) is 11.8 Å². The number of benzene rings is 2. The second-order valence-electron chi connectivity index (χ2n) is 9.79.